The number of likely N-dealkylation sites (tertiary alicyclic amines) is 1. The van der Waals surface area contributed by atoms with E-state index in [0.29, 0.717) is 17.6 Å². The zero-order valence-corrected chi connectivity index (χ0v) is 15.5. The van der Waals surface area contributed by atoms with Gasteiger partial charge in [-0.25, -0.2) is 9.18 Å². The number of amides is 1. The summed E-state index contributed by atoms with van der Waals surface area (Å²) in [5, 5.41) is 3.40. The van der Waals surface area contributed by atoms with Crippen LogP contribution in [0.4, 0.5) is 9.18 Å². The van der Waals surface area contributed by atoms with Crippen molar-refractivity contribution in [2.45, 2.75) is 51.8 Å². The first kappa shape index (κ1) is 18.2. The molecule has 6 heteroatoms. The van der Waals surface area contributed by atoms with E-state index in [0.717, 1.165) is 24.9 Å². The van der Waals surface area contributed by atoms with Crippen molar-refractivity contribution in [2.75, 3.05) is 13.1 Å². The first-order valence-electron chi connectivity index (χ1n) is 7.90. The molecule has 4 nitrogen and oxygen atoms in total. The maximum atomic E-state index is 13.5. The number of rotatable bonds is 3. The molecule has 0 saturated carbocycles. The number of ether oxygens (including phenoxy) is 1. The summed E-state index contributed by atoms with van der Waals surface area (Å²) in [6.07, 6.45) is 1.67. The maximum absolute atomic E-state index is 13.5. The van der Waals surface area contributed by atoms with E-state index in [2.05, 4.69) is 21.2 Å². The van der Waals surface area contributed by atoms with Crippen molar-refractivity contribution in [3.63, 3.8) is 0 Å². The van der Waals surface area contributed by atoms with Gasteiger partial charge in [0.15, 0.2) is 0 Å². The van der Waals surface area contributed by atoms with E-state index < -0.39 is 5.60 Å². The lowest BCUT2D eigenvalue weighted by molar-refractivity contribution is 0.0187. The Morgan fingerprint density at radius 1 is 1.48 bits per heavy atom. The van der Waals surface area contributed by atoms with Gasteiger partial charge in [-0.05, 0) is 67.2 Å². The van der Waals surface area contributed by atoms with Crippen molar-refractivity contribution in [3.05, 3.63) is 34.1 Å². The fourth-order valence-electron chi connectivity index (χ4n) is 2.55. The van der Waals surface area contributed by atoms with Crippen LogP contribution in [0.1, 0.15) is 39.2 Å². The van der Waals surface area contributed by atoms with Gasteiger partial charge in [-0.1, -0.05) is 6.07 Å². The average molecular weight is 387 g/mol. The molecule has 0 bridgehead atoms. The molecule has 1 aliphatic rings. The largest absolute Gasteiger partial charge is 0.444 e. The van der Waals surface area contributed by atoms with Crippen LogP contribution >= 0.6 is 15.9 Å². The number of benzene rings is 1. The van der Waals surface area contributed by atoms with Crippen LogP contribution < -0.4 is 5.32 Å². The van der Waals surface area contributed by atoms with Gasteiger partial charge in [-0.2, -0.15) is 0 Å². The number of carbonyl (C=O) groups excluding carboxylic acids is 1. The van der Waals surface area contributed by atoms with Gasteiger partial charge in [-0.15, -0.1) is 0 Å². The molecule has 1 N–H and O–H groups in total. The van der Waals surface area contributed by atoms with Gasteiger partial charge >= 0.3 is 6.09 Å². The smallest absolute Gasteiger partial charge is 0.410 e. The maximum Gasteiger partial charge on any atom is 0.410 e. The van der Waals surface area contributed by atoms with Gasteiger partial charge in [-0.3, -0.25) is 0 Å². The molecule has 0 radical (unpaired) electrons. The highest BCUT2D eigenvalue weighted by molar-refractivity contribution is 9.10. The number of hydrogen-bond acceptors (Lipinski definition) is 3. The van der Waals surface area contributed by atoms with E-state index in [1.165, 1.54) is 6.07 Å². The van der Waals surface area contributed by atoms with Crippen LogP contribution in [-0.4, -0.2) is 35.7 Å². The summed E-state index contributed by atoms with van der Waals surface area (Å²) < 4.78 is 19.4. The second-order valence-electron chi connectivity index (χ2n) is 6.89. The SMILES string of the molecule is CC(C)(C)OC(=O)N1CCCC(NCc2ccc(Br)c(F)c2)C1. The molecule has 1 unspecified atom stereocenters. The number of halogens is 2. The lowest BCUT2D eigenvalue weighted by atomic mass is 10.1. The van der Waals surface area contributed by atoms with Crippen molar-refractivity contribution in [2.24, 2.45) is 0 Å². The van der Waals surface area contributed by atoms with E-state index >= 15 is 0 Å². The van der Waals surface area contributed by atoms with Gasteiger partial charge < -0.3 is 15.0 Å². The summed E-state index contributed by atoms with van der Waals surface area (Å²) in [4.78, 5) is 13.9. The molecule has 1 aromatic carbocycles. The molecule has 128 valence electrons. The quantitative estimate of drug-likeness (QED) is 0.850. The molecule has 1 amide bonds. The third-order valence-corrected chi connectivity index (χ3v) is 4.30. The summed E-state index contributed by atoms with van der Waals surface area (Å²) in [6.45, 7) is 7.52. The van der Waals surface area contributed by atoms with Crippen LogP contribution in [0.15, 0.2) is 22.7 Å². The number of nitrogens with one attached hydrogen (secondary N) is 1. The lowest BCUT2D eigenvalue weighted by Crippen LogP contribution is -2.49. The van der Waals surface area contributed by atoms with Gasteiger partial charge in [0.2, 0.25) is 0 Å². The Labute approximate surface area is 145 Å². The second kappa shape index (κ2) is 7.62. The van der Waals surface area contributed by atoms with Crippen molar-refractivity contribution in [3.8, 4) is 0 Å². The van der Waals surface area contributed by atoms with Crippen LogP contribution in [0.5, 0.6) is 0 Å². The number of hydrogen-bond donors (Lipinski definition) is 1. The predicted octanol–water partition coefficient (Wildman–Crippen LogP) is 4.08. The summed E-state index contributed by atoms with van der Waals surface area (Å²) in [5.74, 6) is -0.261. The van der Waals surface area contributed by atoms with Crippen LogP contribution in [0, 0.1) is 5.82 Å². The molecule has 0 spiro atoms. The normalized spacial score (nSPS) is 18.8. The molecule has 23 heavy (non-hydrogen) atoms. The fourth-order valence-corrected chi connectivity index (χ4v) is 2.79. The molecule has 1 heterocycles. The van der Waals surface area contributed by atoms with E-state index in [1.54, 1.807) is 11.0 Å². The Kier molecular flexibility index (Phi) is 6.03. The fraction of sp³-hybridized carbons (Fsp3) is 0.588. The van der Waals surface area contributed by atoms with Crippen LogP contribution in [0.25, 0.3) is 0 Å². The van der Waals surface area contributed by atoms with Gasteiger partial charge in [0, 0.05) is 25.7 Å². The topological polar surface area (TPSA) is 41.6 Å². The Morgan fingerprint density at radius 3 is 2.87 bits per heavy atom. The Balaban J connectivity index is 1.86. The van der Waals surface area contributed by atoms with E-state index in [9.17, 15) is 9.18 Å². The van der Waals surface area contributed by atoms with Crippen molar-refractivity contribution in [1.82, 2.24) is 10.2 Å². The summed E-state index contributed by atoms with van der Waals surface area (Å²) in [5.41, 5.74) is 0.409. The molecule has 1 fully saturated rings. The molecule has 2 rings (SSSR count). The zero-order valence-electron chi connectivity index (χ0n) is 13.9. The highest BCUT2D eigenvalue weighted by Crippen LogP contribution is 2.18. The summed E-state index contributed by atoms with van der Waals surface area (Å²) >= 11 is 3.15. The van der Waals surface area contributed by atoms with Gasteiger partial charge in [0.1, 0.15) is 11.4 Å². The molecule has 1 aliphatic heterocycles. The van der Waals surface area contributed by atoms with E-state index in [4.69, 9.17) is 4.74 Å². The Bertz CT molecular complexity index is 560. The minimum atomic E-state index is -0.480. The Hall–Kier alpha value is -1.14. The highest BCUT2D eigenvalue weighted by Gasteiger charge is 2.27. The van der Waals surface area contributed by atoms with Crippen molar-refractivity contribution < 1.29 is 13.9 Å². The molecular formula is C17H24BrFN2O2. The number of nitrogens with zero attached hydrogens (tertiary/aromatic N) is 1. The molecule has 0 aromatic heterocycles. The molecule has 1 atom stereocenters. The third kappa shape index (κ3) is 5.77. The van der Waals surface area contributed by atoms with Crippen molar-refractivity contribution >= 4 is 22.0 Å². The number of carbonyl (C=O) groups is 1. The minimum Gasteiger partial charge on any atom is -0.444 e. The lowest BCUT2D eigenvalue weighted by Gasteiger charge is -2.34. The molecule has 1 saturated heterocycles. The monoisotopic (exact) mass is 386 g/mol. The predicted molar refractivity (Wildman–Crippen MR) is 91.8 cm³/mol. The standard InChI is InChI=1S/C17H24BrFN2O2/c1-17(2,3)23-16(22)21-8-4-5-13(11-21)20-10-12-6-7-14(18)15(19)9-12/h6-7,9,13,20H,4-5,8,10-11H2,1-3H3. The summed E-state index contributed by atoms with van der Waals surface area (Å²) in [6, 6.07) is 5.31. The number of piperidine rings is 1. The zero-order chi connectivity index (χ0) is 17.0. The summed E-state index contributed by atoms with van der Waals surface area (Å²) in [7, 11) is 0. The minimum absolute atomic E-state index is 0.197. The Morgan fingerprint density at radius 2 is 2.22 bits per heavy atom. The average Bonchev–Trinajstić information content (AvgIpc) is 2.47. The molecule has 1 aromatic rings. The van der Waals surface area contributed by atoms with Crippen molar-refractivity contribution in [1.29, 1.82) is 0 Å². The van der Waals surface area contributed by atoms with Gasteiger partial charge in [0.25, 0.3) is 0 Å². The van der Waals surface area contributed by atoms with Crippen LogP contribution in [-0.2, 0) is 11.3 Å². The van der Waals surface area contributed by atoms with Crippen LogP contribution in [0.2, 0.25) is 0 Å². The third-order valence-electron chi connectivity index (χ3n) is 3.65. The molecule has 0 aliphatic carbocycles. The first-order chi connectivity index (χ1) is 10.7. The van der Waals surface area contributed by atoms with E-state index in [1.807, 2.05) is 26.8 Å². The highest BCUT2D eigenvalue weighted by atomic mass is 79.9. The van der Waals surface area contributed by atoms with Gasteiger partial charge in [0.05, 0.1) is 4.47 Å². The second-order valence-corrected chi connectivity index (χ2v) is 7.75. The van der Waals surface area contributed by atoms with Crippen LogP contribution in [0.3, 0.4) is 0 Å². The first-order valence-corrected chi connectivity index (χ1v) is 8.69. The molecular weight excluding hydrogens is 363 g/mol. The van der Waals surface area contributed by atoms with E-state index in [-0.39, 0.29) is 18.0 Å².